The smallest absolute Gasteiger partial charge is 0.341 e. The summed E-state index contributed by atoms with van der Waals surface area (Å²) in [6.07, 6.45) is 2.44. The third-order valence-corrected chi connectivity index (χ3v) is 1.74. The van der Waals surface area contributed by atoms with E-state index in [1.807, 2.05) is 6.92 Å². The van der Waals surface area contributed by atoms with E-state index in [4.69, 9.17) is 4.74 Å². The van der Waals surface area contributed by atoms with Crippen LogP contribution in [0.2, 0.25) is 0 Å². The molecule has 13 heavy (non-hydrogen) atoms. The van der Waals surface area contributed by atoms with E-state index in [1.54, 1.807) is 24.9 Å². The summed E-state index contributed by atoms with van der Waals surface area (Å²) in [5, 5.41) is 4.15. The number of hydrogen-bond acceptors (Lipinski definition) is 3. The average Bonchev–Trinajstić information content (AvgIpc) is 2.47. The van der Waals surface area contributed by atoms with Crippen molar-refractivity contribution in [3.05, 3.63) is 17.5 Å². The number of aryl methyl sites for hydroxylation is 2. The van der Waals surface area contributed by atoms with E-state index in [9.17, 15) is 4.79 Å². The van der Waals surface area contributed by atoms with E-state index < -0.39 is 0 Å². The molecule has 0 N–H and O–H groups in total. The Hall–Kier alpha value is -1.32. The van der Waals surface area contributed by atoms with E-state index in [1.165, 1.54) is 0 Å². The van der Waals surface area contributed by atoms with Crippen molar-refractivity contribution in [3.8, 4) is 0 Å². The quantitative estimate of drug-likeness (QED) is 0.659. The monoisotopic (exact) mass is 182 g/mol. The van der Waals surface area contributed by atoms with Crippen LogP contribution in [0.5, 0.6) is 0 Å². The van der Waals surface area contributed by atoms with E-state index >= 15 is 0 Å². The molecule has 0 radical (unpaired) electrons. The van der Waals surface area contributed by atoms with Gasteiger partial charge in [0.1, 0.15) is 5.56 Å². The van der Waals surface area contributed by atoms with Crippen LogP contribution in [0.4, 0.5) is 0 Å². The van der Waals surface area contributed by atoms with Crippen LogP contribution in [0, 0.1) is 0 Å². The molecule has 0 atom stereocenters. The average molecular weight is 182 g/mol. The molecule has 1 rings (SSSR count). The normalized spacial score (nSPS) is 10.1. The van der Waals surface area contributed by atoms with Crippen molar-refractivity contribution < 1.29 is 9.53 Å². The van der Waals surface area contributed by atoms with Gasteiger partial charge in [-0.2, -0.15) is 5.10 Å². The Morgan fingerprint density at radius 2 is 2.31 bits per heavy atom. The van der Waals surface area contributed by atoms with Gasteiger partial charge in [-0.15, -0.1) is 0 Å². The van der Waals surface area contributed by atoms with Crippen LogP contribution in [0.25, 0.3) is 0 Å². The molecule has 4 heteroatoms. The van der Waals surface area contributed by atoms with Gasteiger partial charge in [-0.3, -0.25) is 4.68 Å². The number of hydrogen-bond donors (Lipinski definition) is 0. The number of rotatable bonds is 3. The highest BCUT2D eigenvalue weighted by Gasteiger charge is 2.14. The lowest BCUT2D eigenvalue weighted by atomic mass is 10.2. The number of esters is 1. The second kappa shape index (κ2) is 4.07. The molecule has 0 aliphatic rings. The molecule has 0 fully saturated rings. The first kappa shape index (κ1) is 9.77. The van der Waals surface area contributed by atoms with Crippen molar-refractivity contribution in [2.24, 2.45) is 7.05 Å². The number of nitrogens with zero attached hydrogens (tertiary/aromatic N) is 2. The van der Waals surface area contributed by atoms with Crippen LogP contribution in [-0.4, -0.2) is 22.4 Å². The molecule has 0 aromatic carbocycles. The van der Waals surface area contributed by atoms with E-state index in [0.29, 0.717) is 12.2 Å². The highest BCUT2D eigenvalue weighted by molar-refractivity contribution is 5.90. The minimum absolute atomic E-state index is 0.285. The highest BCUT2D eigenvalue weighted by atomic mass is 16.5. The molecule has 0 spiro atoms. The second-order valence-electron chi connectivity index (χ2n) is 2.74. The van der Waals surface area contributed by atoms with Crippen LogP contribution in [0.3, 0.4) is 0 Å². The van der Waals surface area contributed by atoms with Crippen LogP contribution < -0.4 is 0 Å². The minimum Gasteiger partial charge on any atom is -0.462 e. The van der Waals surface area contributed by atoms with Crippen LogP contribution in [0.1, 0.15) is 29.9 Å². The first-order valence-corrected chi connectivity index (χ1v) is 4.38. The molecular formula is C9H14N2O2. The third-order valence-electron chi connectivity index (χ3n) is 1.74. The summed E-state index contributed by atoms with van der Waals surface area (Å²) in [5.41, 5.74) is 1.37. The van der Waals surface area contributed by atoms with E-state index in [2.05, 4.69) is 5.10 Å². The van der Waals surface area contributed by atoms with Gasteiger partial charge in [-0.1, -0.05) is 6.92 Å². The molecule has 1 aromatic heterocycles. The largest absolute Gasteiger partial charge is 0.462 e. The summed E-state index contributed by atoms with van der Waals surface area (Å²) < 4.78 is 6.52. The summed E-state index contributed by atoms with van der Waals surface area (Å²) in [6.45, 7) is 4.15. The van der Waals surface area contributed by atoms with Gasteiger partial charge in [0.15, 0.2) is 0 Å². The maximum atomic E-state index is 11.4. The Kier molecular flexibility index (Phi) is 3.06. The van der Waals surface area contributed by atoms with Gasteiger partial charge in [0.05, 0.1) is 12.3 Å². The summed E-state index contributed by atoms with van der Waals surface area (Å²) in [6, 6.07) is 0. The first-order chi connectivity index (χ1) is 6.19. The SMILES string of the molecule is CCOC(=O)c1cn(C)nc1CC. The fourth-order valence-corrected chi connectivity index (χ4v) is 1.18. The van der Waals surface area contributed by atoms with Crippen LogP contribution in [0.15, 0.2) is 6.20 Å². The molecule has 0 unspecified atom stereocenters. The van der Waals surface area contributed by atoms with Crippen molar-refractivity contribution in [2.75, 3.05) is 6.61 Å². The lowest BCUT2D eigenvalue weighted by Crippen LogP contribution is -2.05. The maximum absolute atomic E-state index is 11.4. The topological polar surface area (TPSA) is 44.1 Å². The lowest BCUT2D eigenvalue weighted by molar-refractivity contribution is 0.0525. The molecule has 0 amide bonds. The van der Waals surface area contributed by atoms with Gasteiger partial charge in [0.25, 0.3) is 0 Å². The van der Waals surface area contributed by atoms with Crippen LogP contribution in [-0.2, 0) is 18.2 Å². The van der Waals surface area contributed by atoms with Crippen molar-refractivity contribution >= 4 is 5.97 Å². The second-order valence-corrected chi connectivity index (χ2v) is 2.74. The fourth-order valence-electron chi connectivity index (χ4n) is 1.18. The fraction of sp³-hybridized carbons (Fsp3) is 0.556. The molecule has 72 valence electrons. The zero-order valence-electron chi connectivity index (χ0n) is 8.20. The Balaban J connectivity index is 2.91. The lowest BCUT2D eigenvalue weighted by Gasteiger charge is -1.99. The minimum atomic E-state index is -0.285. The van der Waals surface area contributed by atoms with Crippen molar-refractivity contribution in [3.63, 3.8) is 0 Å². The van der Waals surface area contributed by atoms with E-state index in [0.717, 1.165) is 12.1 Å². The standard InChI is InChI=1S/C9H14N2O2/c1-4-8-7(6-11(3)10-8)9(12)13-5-2/h6H,4-5H2,1-3H3. The van der Waals surface area contributed by atoms with Gasteiger partial charge in [-0.05, 0) is 13.3 Å². The van der Waals surface area contributed by atoms with Crippen molar-refractivity contribution in [1.82, 2.24) is 9.78 Å². The molecule has 1 aromatic rings. The maximum Gasteiger partial charge on any atom is 0.341 e. The predicted molar refractivity (Wildman–Crippen MR) is 48.5 cm³/mol. The van der Waals surface area contributed by atoms with Crippen molar-refractivity contribution in [2.45, 2.75) is 20.3 Å². The Morgan fingerprint density at radius 3 is 2.85 bits per heavy atom. The van der Waals surface area contributed by atoms with Gasteiger partial charge < -0.3 is 4.74 Å². The molecular weight excluding hydrogens is 168 g/mol. The molecule has 0 bridgehead atoms. The highest BCUT2D eigenvalue weighted by Crippen LogP contribution is 2.08. The van der Waals surface area contributed by atoms with E-state index in [-0.39, 0.29) is 5.97 Å². The number of carbonyl (C=O) groups is 1. The first-order valence-electron chi connectivity index (χ1n) is 4.38. The third kappa shape index (κ3) is 2.08. The molecule has 0 saturated carbocycles. The Labute approximate surface area is 77.5 Å². The Bertz CT molecular complexity index is 305. The summed E-state index contributed by atoms with van der Waals surface area (Å²) in [5.74, 6) is -0.285. The number of carbonyl (C=O) groups excluding carboxylic acids is 1. The number of ether oxygens (including phenoxy) is 1. The van der Waals surface area contributed by atoms with Gasteiger partial charge in [0, 0.05) is 13.2 Å². The molecule has 0 saturated heterocycles. The van der Waals surface area contributed by atoms with Gasteiger partial charge in [-0.25, -0.2) is 4.79 Å². The van der Waals surface area contributed by atoms with Crippen LogP contribution >= 0.6 is 0 Å². The Morgan fingerprint density at radius 1 is 1.62 bits per heavy atom. The zero-order chi connectivity index (χ0) is 9.84. The molecule has 4 nitrogen and oxygen atoms in total. The summed E-state index contributed by atoms with van der Waals surface area (Å²) >= 11 is 0. The van der Waals surface area contributed by atoms with Crippen molar-refractivity contribution in [1.29, 1.82) is 0 Å². The zero-order valence-corrected chi connectivity index (χ0v) is 8.20. The molecule has 0 aliphatic carbocycles. The summed E-state index contributed by atoms with van der Waals surface area (Å²) in [4.78, 5) is 11.4. The van der Waals surface area contributed by atoms with Gasteiger partial charge in [0.2, 0.25) is 0 Å². The van der Waals surface area contributed by atoms with Gasteiger partial charge >= 0.3 is 5.97 Å². The number of aromatic nitrogens is 2. The molecule has 0 aliphatic heterocycles. The predicted octanol–water partition coefficient (Wildman–Crippen LogP) is 1.16. The summed E-state index contributed by atoms with van der Waals surface area (Å²) in [7, 11) is 1.79. The molecule has 1 heterocycles.